The number of esters is 1. The molecule has 0 saturated carbocycles. The second-order valence-corrected chi connectivity index (χ2v) is 28.5. The minimum absolute atomic E-state index is 0.0181. The summed E-state index contributed by atoms with van der Waals surface area (Å²) < 4.78 is 120. The molecule has 11 heterocycles. The number of amides is 3. The minimum atomic E-state index is -2.31. The van der Waals surface area contributed by atoms with Crippen LogP contribution in [0.15, 0.2) is 111 Å². The average molecular weight is 1950 g/mol. The maximum absolute atomic E-state index is 14.5. The normalized spacial score (nSPS) is 28.9. The topological polar surface area (TPSA) is 953 Å². The summed E-state index contributed by atoms with van der Waals surface area (Å²) in [6, 6.07) is 4.96. The zero-order chi connectivity index (χ0) is 100. The Morgan fingerprint density at radius 3 is 1.10 bits per heavy atom. The third-order valence-corrected chi connectivity index (χ3v) is 20.1. The van der Waals surface area contributed by atoms with E-state index in [1.165, 1.54) is 43.6 Å². The van der Waals surface area contributed by atoms with Gasteiger partial charge in [0.05, 0.1) is 59.2 Å². The third kappa shape index (κ3) is 24.9. The van der Waals surface area contributed by atoms with Crippen LogP contribution in [-0.4, -0.2) is 322 Å². The highest BCUT2D eigenvalue weighted by atomic mass is 32.1. The lowest BCUT2D eigenvalue weighted by atomic mass is 10.1. The van der Waals surface area contributed by atoms with E-state index in [9.17, 15) is 131 Å². The zero-order valence-corrected chi connectivity index (χ0v) is 69.8. The highest BCUT2D eigenvalue weighted by Gasteiger charge is 2.61. The highest BCUT2D eigenvalue weighted by Crippen LogP contribution is 2.45. The van der Waals surface area contributed by atoms with Crippen molar-refractivity contribution in [3.05, 3.63) is 166 Å². The summed E-state index contributed by atoms with van der Waals surface area (Å²) in [4.78, 5) is 169. The Kier molecular flexibility index (Phi) is 38.6. The number of alkyl halides is 5. The standard InChI is InChI=1S/C15H19FN6O6.C14H18FN7O7.C13H16FN7O7.C12H15FN6O6S.C11H14FN7O5/c1-27-13(25)8-3-2-5-21(8)9-4-6-22(14(26)18-9)12-10(16)11(24)15(7-23,28-12)19-20-17;15-10-11(26)14(5-23,20-21-17)29-12(10)22-2-1-9(19-13(22)27)18-7(3-8(16)25)4-28-6-24;14-9-10(25)13(4-22,19-20-16)28-11(9)21-2-1-7(18-12(21)26)17-8(27-5-23)3-6(15)24;13-8-9(22)12(4-20,17-18-14)25-10(8)19-2-1-6(16-11(19)23)15-7(3-26)24-5-21;12-7-8(22)11(4-20,17-18-14)24-9(7)19-2-1-6(16-10(19)23)15-3-5(13)21/h4,6,8,10-12,23-24H,2-3,5,7H2,1H3;1-2,6-7,10-12,23,26H,3-5H2,(H2,16,25)(H,18,19,27);1-2,5,8-11,22,25H,3-4H2,(H2,15,24)(H,17,18,26);1-2,5,7-10,20,22,26H,3-4H2,(H,15,16,23);1-2,7-9,20,22H,3-4H2,(H2,13,21)(H,15,16,23)/t8-,10-,11?,12?,15+;7-,10-,11?,12?,14+;8-,9+,10?,11?,13-;7-,8+,9?,10?,12-;7-,8?,9?,11+/m00110/s1. The molecule has 5 aromatic rings. The summed E-state index contributed by atoms with van der Waals surface area (Å²) in [7, 11) is 1.27. The first-order valence-electron chi connectivity index (χ1n) is 38.1. The molecule has 6 fully saturated rings. The number of anilines is 5. The van der Waals surface area contributed by atoms with Crippen molar-refractivity contribution < 1.29 is 149 Å². The Morgan fingerprint density at radius 1 is 0.496 bits per heavy atom. The fraction of sp³-hybridized carbons (Fsp3) is 0.585. The van der Waals surface area contributed by atoms with E-state index in [4.69, 9.17) is 73.3 Å². The maximum atomic E-state index is 14.5. The number of halogens is 5. The number of nitrogens with zero attached hydrogens (tertiary/aromatic N) is 26. The van der Waals surface area contributed by atoms with Gasteiger partial charge in [0, 0.05) is 74.3 Å². The van der Waals surface area contributed by atoms with Crippen LogP contribution < -0.4 is 71.8 Å². The van der Waals surface area contributed by atoms with Crippen molar-refractivity contribution in [2.75, 3.05) is 91.8 Å². The molecule has 0 radical (unpaired) electrons. The Bertz CT molecular complexity index is 5610. The number of thiol groups is 1. The first kappa shape index (κ1) is 108. The van der Waals surface area contributed by atoms with E-state index in [0.29, 0.717) is 33.1 Å². The van der Waals surface area contributed by atoms with Gasteiger partial charge >= 0.3 is 34.4 Å². The molecule has 6 aliphatic rings. The van der Waals surface area contributed by atoms with Crippen molar-refractivity contribution in [2.24, 2.45) is 42.8 Å². The van der Waals surface area contributed by atoms with Gasteiger partial charge in [-0.1, -0.05) is 25.6 Å². The number of hydrogen-bond donors (Lipinski definition) is 18. The lowest BCUT2D eigenvalue weighted by Gasteiger charge is -2.25. The second-order valence-electron chi connectivity index (χ2n) is 28.2. The van der Waals surface area contributed by atoms with Crippen LogP contribution in [0, 0.1) is 0 Å². The van der Waals surface area contributed by atoms with E-state index in [1.807, 2.05) is 0 Å². The molecule has 0 bridgehead atoms. The van der Waals surface area contributed by atoms with Crippen LogP contribution in [0.1, 0.15) is 56.8 Å². The van der Waals surface area contributed by atoms with Gasteiger partial charge in [0.15, 0.2) is 74.5 Å². The molecule has 70 heteroatoms. The first-order chi connectivity index (χ1) is 64.2. The van der Waals surface area contributed by atoms with Gasteiger partial charge in [-0.15, -0.1) is 0 Å². The number of primary amides is 3. The summed E-state index contributed by atoms with van der Waals surface area (Å²) in [5.41, 5.74) is 41.5. The summed E-state index contributed by atoms with van der Waals surface area (Å²) in [6.45, 7) is -4.60. The van der Waals surface area contributed by atoms with Gasteiger partial charge in [0.25, 0.3) is 19.4 Å². The van der Waals surface area contributed by atoms with Gasteiger partial charge in [-0.25, -0.2) is 50.7 Å². The van der Waals surface area contributed by atoms with Gasteiger partial charge in [-0.3, -0.25) is 51.6 Å². The van der Waals surface area contributed by atoms with Crippen LogP contribution in [-0.2, 0) is 76.2 Å². The van der Waals surface area contributed by atoms with Gasteiger partial charge in [0.2, 0.25) is 46.3 Å². The number of methoxy groups -OCH3 is 1. The number of carbonyl (C=O) groups is 7. The van der Waals surface area contributed by atoms with Crippen LogP contribution >= 0.6 is 12.6 Å². The molecular weight excluding hydrogens is 1870 g/mol. The zero-order valence-electron chi connectivity index (χ0n) is 68.9. The maximum Gasteiger partial charge on any atom is 0.351 e. The predicted octanol–water partition coefficient (Wildman–Crippen LogP) is -6.15. The molecule has 64 nitrogen and oxygen atoms in total. The largest absolute Gasteiger partial charge is 0.467 e. The SMILES string of the molecule is COC(=O)[C@@H]1CCCN1c1ccn(C2O[C@@](CO)(N=[N+]=[N-])C(O)[C@@H]2F)c(=O)n1.[N-]=[N+]=N[C@]1(CO)OC(n2ccc(NCC(N)=O)nc2=O)[C@@H](F)C1O.[N-]=[N+]=N[C@]1(CO)OC(n2ccc(N[C@@H](CC(N)=O)OC=O)nc2=O)[C@@H](F)C1O.[N-]=[N+]=N[C@]1(CO)OC(n2ccc(N[C@@H](CS)OC=O)nc2=O)[C@@H](F)C1O.[N-]=[N+]=N[C@]1(CO)OC(n2ccc(N[C@H](COC=O)CC(N)=O)nc2=O)[C@@H](F)C1O. The Hall–Kier alpha value is -14.4. The lowest BCUT2D eigenvalue weighted by Crippen LogP contribution is -2.43. The molecule has 6 aliphatic heterocycles. The van der Waals surface area contributed by atoms with Crippen LogP contribution in [0.4, 0.5) is 51.0 Å². The van der Waals surface area contributed by atoms with Gasteiger partial charge in [0.1, 0.15) is 72.3 Å². The predicted molar refractivity (Wildman–Crippen MR) is 433 cm³/mol. The number of azide groups is 5. The third-order valence-electron chi connectivity index (χ3n) is 19.8. The smallest absolute Gasteiger partial charge is 0.351 e. The van der Waals surface area contributed by atoms with Crippen molar-refractivity contribution in [1.82, 2.24) is 47.8 Å². The molecule has 0 aromatic carbocycles. The van der Waals surface area contributed by atoms with E-state index in [2.05, 4.69) is 123 Å². The summed E-state index contributed by atoms with van der Waals surface area (Å²) in [5.74, 6) is -2.43. The van der Waals surface area contributed by atoms with E-state index < -0.39 is 237 Å². The van der Waals surface area contributed by atoms with Crippen LogP contribution in [0.2, 0.25) is 0 Å². The second kappa shape index (κ2) is 48.3. The molecule has 5 aromatic heterocycles. The number of hydrogen-bond acceptors (Lipinski definition) is 47. The molecule has 3 amide bonds. The van der Waals surface area contributed by atoms with Gasteiger partial charge in [-0.2, -0.15) is 37.5 Å². The van der Waals surface area contributed by atoms with Crippen molar-refractivity contribution >= 4 is 84.8 Å². The van der Waals surface area contributed by atoms with E-state index >= 15 is 0 Å². The van der Waals surface area contributed by atoms with Crippen molar-refractivity contribution in [2.45, 2.75) is 171 Å². The van der Waals surface area contributed by atoms with E-state index in [1.54, 1.807) is 4.90 Å². The number of ether oxygens (including phenoxy) is 9. The quantitative estimate of drug-likeness (QED) is 0.00201. The van der Waals surface area contributed by atoms with Crippen LogP contribution in [0.3, 0.4) is 0 Å². The van der Waals surface area contributed by atoms with E-state index in [0.717, 1.165) is 33.9 Å². The molecule has 135 heavy (non-hydrogen) atoms. The summed E-state index contributed by atoms with van der Waals surface area (Å²) >= 11 is 3.95. The molecule has 24 atom stereocenters. The van der Waals surface area contributed by atoms with Crippen molar-refractivity contribution in [3.63, 3.8) is 0 Å². The number of aromatic nitrogens is 10. The van der Waals surface area contributed by atoms with Crippen molar-refractivity contribution in [1.29, 1.82) is 0 Å². The number of aliphatic hydroxyl groups is 10. The lowest BCUT2D eigenvalue weighted by molar-refractivity contribution is -0.142. The number of carbonyl (C=O) groups excluding carboxylic acids is 7. The monoisotopic (exact) mass is 1950 g/mol. The van der Waals surface area contributed by atoms with Crippen LogP contribution in [0.25, 0.3) is 52.2 Å². The molecule has 0 aliphatic carbocycles. The minimum Gasteiger partial charge on any atom is -0.467 e. The summed E-state index contributed by atoms with van der Waals surface area (Å²) in [5, 5.41) is 122. The average Bonchev–Trinajstić information content (AvgIpc) is 1.62. The number of aliphatic hydroxyl groups excluding tert-OH is 10. The van der Waals surface area contributed by atoms with Crippen LogP contribution in [0.5, 0.6) is 0 Å². The number of nitrogens with two attached hydrogens (primary N) is 3. The Balaban J connectivity index is 0.000000230. The van der Waals surface area contributed by atoms with Gasteiger partial charge in [-0.05, 0) is 70.8 Å². The molecule has 6 saturated heterocycles. The number of nitrogens with one attached hydrogen (secondary N) is 4. The fourth-order valence-electron chi connectivity index (χ4n) is 13.2. The molecule has 11 rings (SSSR count). The Labute approximate surface area is 751 Å². The van der Waals surface area contributed by atoms with Gasteiger partial charge < -0.3 is 137 Å². The molecule has 10 unspecified atom stereocenters. The highest BCUT2D eigenvalue weighted by molar-refractivity contribution is 7.80. The molecular formula is C65H82F5N33O31S. The van der Waals surface area contributed by atoms with Crippen molar-refractivity contribution in [3.8, 4) is 0 Å². The first-order valence-corrected chi connectivity index (χ1v) is 38.7. The fourth-order valence-corrected chi connectivity index (χ4v) is 13.4. The molecule has 0 spiro atoms. The Morgan fingerprint density at radius 2 is 0.807 bits per heavy atom. The number of rotatable bonds is 38. The summed E-state index contributed by atoms with van der Waals surface area (Å²) in [6.07, 6.45) is -25.3. The molecule has 734 valence electrons. The molecule has 20 N–H and O–H groups in total. The van der Waals surface area contributed by atoms with E-state index in [-0.39, 0.29) is 73.8 Å².